The van der Waals surface area contributed by atoms with Crippen LogP contribution in [0.4, 0.5) is 0 Å². The summed E-state index contributed by atoms with van der Waals surface area (Å²) in [5.41, 5.74) is 1.70. The van der Waals surface area contributed by atoms with Gasteiger partial charge in [0.15, 0.2) is 12.1 Å². The van der Waals surface area contributed by atoms with E-state index >= 15 is 0 Å². The van der Waals surface area contributed by atoms with Crippen molar-refractivity contribution in [2.45, 2.75) is 0 Å². The van der Waals surface area contributed by atoms with Crippen molar-refractivity contribution in [2.24, 2.45) is 7.05 Å². The molecule has 2 aromatic rings. The van der Waals surface area contributed by atoms with Crippen LogP contribution < -0.4 is 4.74 Å². The van der Waals surface area contributed by atoms with Crippen LogP contribution in [0.3, 0.4) is 0 Å². The zero-order valence-corrected chi connectivity index (χ0v) is 9.18. The van der Waals surface area contributed by atoms with Crippen LogP contribution in [0.15, 0.2) is 30.5 Å². The normalized spacial score (nSPS) is 10.1. The van der Waals surface area contributed by atoms with E-state index in [2.05, 4.69) is 4.98 Å². The minimum absolute atomic E-state index is 0.415. The van der Waals surface area contributed by atoms with Gasteiger partial charge in [-0.25, -0.2) is 4.98 Å². The molecule has 1 aromatic carbocycles. The molecule has 0 amide bonds. The number of hydrogen-bond donors (Lipinski definition) is 0. The second-order valence-electron chi connectivity index (χ2n) is 3.45. The fraction of sp³-hybridized carbons (Fsp3) is 0.167. The lowest BCUT2D eigenvalue weighted by Crippen LogP contribution is -1.92. The number of aldehydes is 1. The third-order valence-electron chi connectivity index (χ3n) is 2.38. The van der Waals surface area contributed by atoms with Crippen molar-refractivity contribution in [2.75, 3.05) is 7.11 Å². The lowest BCUT2D eigenvalue weighted by Gasteiger charge is -2.01. The highest BCUT2D eigenvalue weighted by Crippen LogP contribution is 2.22. The van der Waals surface area contributed by atoms with Crippen LogP contribution in [0.25, 0.3) is 11.3 Å². The van der Waals surface area contributed by atoms with Crippen LogP contribution in [0.5, 0.6) is 5.75 Å². The topological polar surface area (TPSA) is 44.1 Å². The van der Waals surface area contributed by atoms with Crippen molar-refractivity contribution in [3.8, 4) is 17.0 Å². The molecule has 0 atom stereocenters. The molecule has 2 rings (SSSR count). The first-order chi connectivity index (χ1) is 7.74. The van der Waals surface area contributed by atoms with Gasteiger partial charge in [-0.15, -0.1) is 0 Å². The number of rotatable bonds is 3. The van der Waals surface area contributed by atoms with Crippen molar-refractivity contribution >= 4 is 6.29 Å². The predicted molar refractivity (Wildman–Crippen MR) is 60.6 cm³/mol. The Hall–Kier alpha value is -2.10. The first kappa shape index (κ1) is 10.4. The van der Waals surface area contributed by atoms with Gasteiger partial charge in [0.25, 0.3) is 0 Å². The molecule has 0 unspecified atom stereocenters. The van der Waals surface area contributed by atoms with E-state index in [4.69, 9.17) is 4.74 Å². The van der Waals surface area contributed by atoms with Gasteiger partial charge in [-0.1, -0.05) is 12.1 Å². The van der Waals surface area contributed by atoms with Gasteiger partial charge in [-0.05, 0) is 12.1 Å². The highest BCUT2D eigenvalue weighted by Gasteiger charge is 2.06. The van der Waals surface area contributed by atoms with Crippen molar-refractivity contribution in [3.63, 3.8) is 0 Å². The zero-order chi connectivity index (χ0) is 11.5. The molecule has 0 fully saturated rings. The van der Waals surface area contributed by atoms with Gasteiger partial charge >= 0.3 is 0 Å². The number of benzene rings is 1. The standard InChI is InChI=1S/C12H12N2O2/c1-14-7-11(13-12(14)8-15)9-4-3-5-10(6-9)16-2/h3-8H,1-2H3. The van der Waals surface area contributed by atoms with Crippen LogP contribution in [0.1, 0.15) is 10.6 Å². The number of aryl methyl sites for hydroxylation is 1. The number of aromatic nitrogens is 2. The molecule has 0 radical (unpaired) electrons. The van der Waals surface area contributed by atoms with Crippen LogP contribution in [0.2, 0.25) is 0 Å². The predicted octanol–water partition coefficient (Wildman–Crippen LogP) is 1.91. The average molecular weight is 216 g/mol. The van der Waals surface area contributed by atoms with Crippen LogP contribution >= 0.6 is 0 Å². The Kier molecular flexibility index (Phi) is 2.72. The molecule has 0 aliphatic heterocycles. The highest BCUT2D eigenvalue weighted by atomic mass is 16.5. The summed E-state index contributed by atoms with van der Waals surface area (Å²) < 4.78 is 6.83. The molecule has 0 saturated heterocycles. The number of ether oxygens (including phenoxy) is 1. The Morgan fingerprint density at radius 3 is 2.88 bits per heavy atom. The Labute approximate surface area is 93.5 Å². The van der Waals surface area contributed by atoms with Crippen molar-refractivity contribution in [1.29, 1.82) is 0 Å². The van der Waals surface area contributed by atoms with Gasteiger partial charge in [0.2, 0.25) is 0 Å². The molecule has 0 spiro atoms. The molecule has 0 aliphatic rings. The molecule has 4 heteroatoms. The Morgan fingerprint density at radius 2 is 2.25 bits per heavy atom. The molecular formula is C12H12N2O2. The second kappa shape index (κ2) is 4.18. The second-order valence-corrected chi connectivity index (χ2v) is 3.45. The van der Waals surface area contributed by atoms with E-state index in [0.29, 0.717) is 5.82 Å². The van der Waals surface area contributed by atoms with E-state index in [1.54, 1.807) is 18.7 Å². The summed E-state index contributed by atoms with van der Waals surface area (Å²) in [7, 11) is 3.41. The highest BCUT2D eigenvalue weighted by molar-refractivity contribution is 5.72. The minimum atomic E-state index is 0.415. The monoisotopic (exact) mass is 216 g/mol. The lowest BCUT2D eigenvalue weighted by molar-refractivity contribution is 0.111. The summed E-state index contributed by atoms with van der Waals surface area (Å²) in [5, 5.41) is 0. The van der Waals surface area contributed by atoms with Gasteiger partial charge in [0.1, 0.15) is 5.75 Å². The number of carbonyl (C=O) groups excluding carboxylic acids is 1. The number of methoxy groups -OCH3 is 1. The summed E-state index contributed by atoms with van der Waals surface area (Å²) in [6.07, 6.45) is 2.56. The SMILES string of the molecule is COc1cccc(-c2cn(C)c(C=O)n2)c1. The van der Waals surface area contributed by atoms with E-state index in [-0.39, 0.29) is 0 Å². The number of imidazole rings is 1. The van der Waals surface area contributed by atoms with Gasteiger partial charge < -0.3 is 9.30 Å². The van der Waals surface area contributed by atoms with E-state index in [9.17, 15) is 4.79 Å². The summed E-state index contributed by atoms with van der Waals surface area (Å²) in [5.74, 6) is 1.19. The van der Waals surface area contributed by atoms with Crippen LogP contribution in [-0.4, -0.2) is 22.9 Å². The van der Waals surface area contributed by atoms with E-state index in [1.165, 1.54) is 0 Å². The molecule has 0 bridgehead atoms. The number of hydrogen-bond acceptors (Lipinski definition) is 3. The molecule has 0 saturated carbocycles. The molecule has 0 aliphatic carbocycles. The minimum Gasteiger partial charge on any atom is -0.497 e. The zero-order valence-electron chi connectivity index (χ0n) is 9.18. The Bertz CT molecular complexity index is 517. The maximum atomic E-state index is 10.7. The van der Waals surface area contributed by atoms with Crippen molar-refractivity contribution < 1.29 is 9.53 Å². The maximum absolute atomic E-state index is 10.7. The average Bonchev–Trinajstić information content (AvgIpc) is 2.71. The molecule has 4 nitrogen and oxygen atoms in total. The van der Waals surface area contributed by atoms with Gasteiger partial charge in [0, 0.05) is 18.8 Å². The number of nitrogens with zero attached hydrogens (tertiary/aromatic N) is 2. The fourth-order valence-electron chi connectivity index (χ4n) is 1.51. The third kappa shape index (κ3) is 1.82. The van der Waals surface area contributed by atoms with Gasteiger partial charge in [-0.2, -0.15) is 0 Å². The van der Waals surface area contributed by atoms with Crippen molar-refractivity contribution in [3.05, 3.63) is 36.3 Å². The molecule has 1 heterocycles. The van der Waals surface area contributed by atoms with E-state index < -0.39 is 0 Å². The van der Waals surface area contributed by atoms with Crippen LogP contribution in [-0.2, 0) is 7.05 Å². The van der Waals surface area contributed by atoms with Crippen LogP contribution in [0, 0.1) is 0 Å². The van der Waals surface area contributed by atoms with Gasteiger partial charge in [-0.3, -0.25) is 4.79 Å². The molecular weight excluding hydrogens is 204 g/mol. The first-order valence-electron chi connectivity index (χ1n) is 4.87. The summed E-state index contributed by atoms with van der Waals surface area (Å²) in [6, 6.07) is 7.58. The lowest BCUT2D eigenvalue weighted by atomic mass is 10.1. The molecule has 16 heavy (non-hydrogen) atoms. The summed E-state index contributed by atoms with van der Waals surface area (Å²) in [4.78, 5) is 14.9. The summed E-state index contributed by atoms with van der Waals surface area (Å²) >= 11 is 0. The molecule has 82 valence electrons. The first-order valence-corrected chi connectivity index (χ1v) is 4.87. The van der Waals surface area contributed by atoms with E-state index in [1.807, 2.05) is 30.5 Å². The largest absolute Gasteiger partial charge is 0.497 e. The maximum Gasteiger partial charge on any atom is 0.185 e. The Morgan fingerprint density at radius 1 is 1.44 bits per heavy atom. The quantitative estimate of drug-likeness (QED) is 0.736. The van der Waals surface area contributed by atoms with E-state index in [0.717, 1.165) is 23.3 Å². The van der Waals surface area contributed by atoms with Gasteiger partial charge in [0.05, 0.1) is 12.8 Å². The summed E-state index contributed by atoms with van der Waals surface area (Å²) in [6.45, 7) is 0. The van der Waals surface area contributed by atoms with Crippen molar-refractivity contribution in [1.82, 2.24) is 9.55 Å². The smallest absolute Gasteiger partial charge is 0.185 e. The molecule has 1 aromatic heterocycles. The fourth-order valence-corrected chi connectivity index (χ4v) is 1.51. The third-order valence-corrected chi connectivity index (χ3v) is 2.38. The number of carbonyl (C=O) groups is 1. The Balaban J connectivity index is 2.45. The molecule has 0 N–H and O–H groups in total.